The number of nitrogens with zero attached hydrogens (tertiary/aromatic N) is 2. The van der Waals surface area contributed by atoms with Gasteiger partial charge in [0.1, 0.15) is 5.01 Å². The lowest BCUT2D eigenvalue weighted by Gasteiger charge is -2.05. The molecule has 0 unspecified atom stereocenters. The molecule has 106 valence electrons. The summed E-state index contributed by atoms with van der Waals surface area (Å²) in [5.74, 6) is 0.466. The van der Waals surface area contributed by atoms with E-state index in [4.69, 9.17) is 4.98 Å². The summed E-state index contributed by atoms with van der Waals surface area (Å²) in [5.41, 5.74) is 3.64. The molecule has 0 aromatic carbocycles. The molecule has 3 rings (SSSR count). The third kappa shape index (κ3) is 2.91. The molecule has 0 spiro atoms. The Balaban J connectivity index is 1.91. The lowest BCUT2D eigenvalue weighted by atomic mass is 10.1. The van der Waals surface area contributed by atoms with E-state index < -0.39 is 0 Å². The second-order valence-corrected chi connectivity index (χ2v) is 6.91. The van der Waals surface area contributed by atoms with Gasteiger partial charge in [-0.15, -0.1) is 11.3 Å². The molecular weight excluding hydrogens is 266 g/mol. The van der Waals surface area contributed by atoms with Crippen molar-refractivity contribution in [2.45, 2.75) is 52.1 Å². The monoisotopic (exact) mass is 287 g/mol. The number of rotatable bonds is 5. The number of hydrogen-bond donors (Lipinski definition) is 1. The minimum atomic E-state index is 0.466. The average molecular weight is 287 g/mol. The topological polar surface area (TPSA) is 37.8 Å². The number of nitrogens with one attached hydrogen (secondary N) is 1. The molecule has 1 aliphatic carbocycles. The molecule has 20 heavy (non-hydrogen) atoms. The van der Waals surface area contributed by atoms with Gasteiger partial charge < -0.3 is 5.32 Å². The highest BCUT2D eigenvalue weighted by atomic mass is 32.1. The van der Waals surface area contributed by atoms with Crippen LogP contribution in [0.1, 0.15) is 48.7 Å². The fraction of sp³-hybridized carbons (Fsp3) is 0.500. The van der Waals surface area contributed by atoms with E-state index in [9.17, 15) is 0 Å². The zero-order valence-corrected chi connectivity index (χ0v) is 13.1. The minimum Gasteiger partial charge on any atom is -0.309 e. The van der Waals surface area contributed by atoms with Gasteiger partial charge in [-0.25, -0.2) is 4.98 Å². The molecule has 0 saturated heterocycles. The molecule has 0 aliphatic heterocycles. The zero-order valence-electron chi connectivity index (χ0n) is 12.3. The number of pyridine rings is 1. The van der Waals surface area contributed by atoms with Crippen LogP contribution in [0.25, 0.3) is 10.6 Å². The van der Waals surface area contributed by atoms with Crippen LogP contribution in [0.4, 0.5) is 0 Å². The van der Waals surface area contributed by atoms with E-state index in [2.05, 4.69) is 31.1 Å². The second kappa shape index (κ2) is 5.62. The lowest BCUT2D eigenvalue weighted by molar-refractivity contribution is 0.681. The molecule has 1 aliphatic rings. The average Bonchev–Trinajstić information content (AvgIpc) is 3.15. The summed E-state index contributed by atoms with van der Waals surface area (Å²) in [6.45, 7) is 7.51. The van der Waals surface area contributed by atoms with E-state index >= 15 is 0 Å². The van der Waals surface area contributed by atoms with E-state index in [0.29, 0.717) is 5.92 Å². The maximum absolute atomic E-state index is 4.88. The molecule has 0 atom stereocenters. The first-order valence-electron chi connectivity index (χ1n) is 7.29. The first-order chi connectivity index (χ1) is 9.65. The Hall–Kier alpha value is -1.26. The molecule has 4 heteroatoms. The molecule has 2 heterocycles. The Morgan fingerprint density at radius 1 is 1.40 bits per heavy atom. The van der Waals surface area contributed by atoms with Gasteiger partial charge in [0.2, 0.25) is 0 Å². The number of hydrogen-bond acceptors (Lipinski definition) is 4. The van der Waals surface area contributed by atoms with Crippen LogP contribution in [0.15, 0.2) is 18.5 Å². The Morgan fingerprint density at radius 2 is 2.20 bits per heavy atom. The number of thiazole rings is 1. The van der Waals surface area contributed by atoms with Crippen LogP contribution in [0.2, 0.25) is 0 Å². The van der Waals surface area contributed by atoms with Crippen LogP contribution >= 0.6 is 11.3 Å². The van der Waals surface area contributed by atoms with Crippen LogP contribution in [0.3, 0.4) is 0 Å². The Kier molecular flexibility index (Phi) is 3.85. The Bertz CT molecular complexity index is 600. The van der Waals surface area contributed by atoms with Crippen molar-refractivity contribution in [1.82, 2.24) is 15.3 Å². The minimum absolute atomic E-state index is 0.466. The molecule has 2 aromatic heterocycles. The van der Waals surface area contributed by atoms with E-state index in [1.165, 1.54) is 29.0 Å². The van der Waals surface area contributed by atoms with Crippen LogP contribution in [-0.2, 0) is 6.54 Å². The third-order valence-corrected chi connectivity index (χ3v) is 4.78. The first kappa shape index (κ1) is 13.7. The largest absolute Gasteiger partial charge is 0.309 e. The molecule has 2 aromatic rings. The summed E-state index contributed by atoms with van der Waals surface area (Å²) in [7, 11) is 0. The number of aromatic nitrogens is 2. The van der Waals surface area contributed by atoms with E-state index in [-0.39, 0.29) is 0 Å². The summed E-state index contributed by atoms with van der Waals surface area (Å²) < 4.78 is 0. The van der Waals surface area contributed by atoms with Gasteiger partial charge in [0.05, 0.1) is 5.69 Å². The van der Waals surface area contributed by atoms with Gasteiger partial charge in [0, 0.05) is 35.4 Å². The third-order valence-electron chi connectivity index (χ3n) is 3.67. The van der Waals surface area contributed by atoms with Crippen molar-refractivity contribution in [3.05, 3.63) is 34.6 Å². The summed E-state index contributed by atoms with van der Waals surface area (Å²) >= 11 is 1.81. The molecule has 1 N–H and O–H groups in total. The standard InChI is InChI=1S/C16H21N3S/c1-10(2)15-14(9-18-12-4-5-12)20-16(19-15)13-8-17-7-6-11(13)3/h6-8,10,12,18H,4-5,9H2,1-3H3. The maximum Gasteiger partial charge on any atom is 0.125 e. The van der Waals surface area contributed by atoms with Gasteiger partial charge in [0.25, 0.3) is 0 Å². The molecule has 1 fully saturated rings. The van der Waals surface area contributed by atoms with E-state index in [1.807, 2.05) is 29.8 Å². The quantitative estimate of drug-likeness (QED) is 0.906. The SMILES string of the molecule is Cc1ccncc1-c1nc(C(C)C)c(CNC2CC2)s1. The number of aryl methyl sites for hydroxylation is 1. The van der Waals surface area contributed by atoms with Crippen LogP contribution in [0.5, 0.6) is 0 Å². The molecule has 0 bridgehead atoms. The van der Waals surface area contributed by atoms with Crippen LogP contribution in [-0.4, -0.2) is 16.0 Å². The fourth-order valence-electron chi connectivity index (χ4n) is 2.27. The van der Waals surface area contributed by atoms with Gasteiger partial charge in [-0.3, -0.25) is 4.98 Å². The van der Waals surface area contributed by atoms with Gasteiger partial charge in [-0.1, -0.05) is 13.8 Å². The normalized spacial score (nSPS) is 15.0. The van der Waals surface area contributed by atoms with Gasteiger partial charge >= 0.3 is 0 Å². The summed E-state index contributed by atoms with van der Waals surface area (Å²) in [4.78, 5) is 10.5. The van der Waals surface area contributed by atoms with Crippen LogP contribution in [0, 0.1) is 6.92 Å². The first-order valence-corrected chi connectivity index (χ1v) is 8.10. The van der Waals surface area contributed by atoms with Crippen molar-refractivity contribution in [2.24, 2.45) is 0 Å². The molecule has 0 amide bonds. The van der Waals surface area contributed by atoms with Crippen molar-refractivity contribution in [2.75, 3.05) is 0 Å². The van der Waals surface area contributed by atoms with Crippen molar-refractivity contribution in [1.29, 1.82) is 0 Å². The molecule has 1 saturated carbocycles. The highest BCUT2D eigenvalue weighted by Crippen LogP contribution is 2.33. The Labute approximate surface area is 124 Å². The fourth-order valence-corrected chi connectivity index (χ4v) is 3.51. The van der Waals surface area contributed by atoms with E-state index in [1.54, 1.807) is 0 Å². The van der Waals surface area contributed by atoms with E-state index in [0.717, 1.165) is 23.2 Å². The zero-order chi connectivity index (χ0) is 14.1. The summed E-state index contributed by atoms with van der Waals surface area (Å²) in [6.07, 6.45) is 6.41. The van der Waals surface area contributed by atoms with Crippen molar-refractivity contribution in [3.63, 3.8) is 0 Å². The highest BCUT2D eigenvalue weighted by molar-refractivity contribution is 7.15. The van der Waals surface area contributed by atoms with Gasteiger partial charge in [0.15, 0.2) is 0 Å². The summed E-state index contributed by atoms with van der Waals surface area (Å²) in [6, 6.07) is 2.79. The predicted molar refractivity (Wildman–Crippen MR) is 84.0 cm³/mol. The van der Waals surface area contributed by atoms with Crippen molar-refractivity contribution >= 4 is 11.3 Å². The van der Waals surface area contributed by atoms with Crippen molar-refractivity contribution < 1.29 is 0 Å². The smallest absolute Gasteiger partial charge is 0.125 e. The maximum atomic E-state index is 4.88. The predicted octanol–water partition coefficient (Wildman–Crippen LogP) is 3.89. The molecule has 3 nitrogen and oxygen atoms in total. The Morgan fingerprint density at radius 3 is 2.85 bits per heavy atom. The summed E-state index contributed by atoms with van der Waals surface area (Å²) in [5, 5.41) is 4.71. The van der Waals surface area contributed by atoms with Crippen molar-refractivity contribution in [3.8, 4) is 10.6 Å². The molecular formula is C16H21N3S. The van der Waals surface area contributed by atoms with Gasteiger partial charge in [-0.05, 0) is 37.3 Å². The lowest BCUT2D eigenvalue weighted by Crippen LogP contribution is -2.15. The highest BCUT2D eigenvalue weighted by Gasteiger charge is 2.22. The molecule has 0 radical (unpaired) electrons. The van der Waals surface area contributed by atoms with Gasteiger partial charge in [-0.2, -0.15) is 0 Å². The second-order valence-electron chi connectivity index (χ2n) is 5.83. The van der Waals surface area contributed by atoms with Crippen LogP contribution < -0.4 is 5.32 Å².